The molecule has 0 aliphatic rings. The summed E-state index contributed by atoms with van der Waals surface area (Å²) in [5, 5.41) is 13.7. The Morgan fingerprint density at radius 3 is 2.46 bits per heavy atom. The van der Waals surface area contributed by atoms with E-state index in [0.717, 1.165) is 18.4 Å². The highest BCUT2D eigenvalue weighted by atomic mass is 31.2. The van der Waals surface area contributed by atoms with Gasteiger partial charge in [-0.15, -0.1) is 0 Å². The lowest BCUT2D eigenvalue weighted by Crippen LogP contribution is -2.56. The van der Waals surface area contributed by atoms with E-state index in [1.807, 2.05) is 39.0 Å². The van der Waals surface area contributed by atoms with Gasteiger partial charge in [-0.3, -0.25) is 19.3 Å². The van der Waals surface area contributed by atoms with Crippen LogP contribution in [0.5, 0.6) is 5.75 Å². The Morgan fingerprint density at radius 2 is 1.80 bits per heavy atom. The second-order valence-corrected chi connectivity index (χ2v) is 15.7. The number of aromatic nitrogens is 4. The van der Waals surface area contributed by atoms with Crippen LogP contribution in [0.25, 0.3) is 10.9 Å². The minimum atomic E-state index is -4.73. The van der Waals surface area contributed by atoms with Gasteiger partial charge in [0.25, 0.3) is 0 Å². The minimum absolute atomic E-state index is 0.0157. The number of nitrogens with zero attached hydrogens (tertiary/aromatic N) is 4. The van der Waals surface area contributed by atoms with Crippen LogP contribution < -0.4 is 15.4 Å². The van der Waals surface area contributed by atoms with Crippen LogP contribution >= 0.6 is 7.82 Å². The number of hydrogen-bond acceptors (Lipinski definition) is 9. The number of rotatable bonds is 16. The number of fused-ring (bicyclic) bond motifs is 1. The Kier molecular flexibility index (Phi) is 12.7. The maximum atomic E-state index is 13.4. The summed E-state index contributed by atoms with van der Waals surface area (Å²) in [6.07, 6.45) is 2.29. The van der Waals surface area contributed by atoms with Crippen molar-refractivity contribution in [3.63, 3.8) is 0 Å². The molecule has 2 atom stereocenters. The molecule has 0 saturated carbocycles. The molecule has 4 rings (SSSR count). The van der Waals surface area contributed by atoms with Gasteiger partial charge in [-0.1, -0.05) is 54.5 Å². The Bertz CT molecular complexity index is 1790. The van der Waals surface area contributed by atoms with Crippen LogP contribution in [0.1, 0.15) is 67.0 Å². The van der Waals surface area contributed by atoms with Gasteiger partial charge >= 0.3 is 7.82 Å². The van der Waals surface area contributed by atoms with E-state index < -0.39 is 25.2 Å². The first kappa shape index (κ1) is 38.9. The predicted molar refractivity (Wildman–Crippen MR) is 192 cm³/mol. The number of phosphoric ester groups is 1. The molecule has 4 aromatic rings. The molecule has 5 N–H and O–H groups in total. The van der Waals surface area contributed by atoms with Crippen molar-refractivity contribution in [3.05, 3.63) is 66.4 Å². The number of nitrogens with one attached hydrogen (secondary N) is 3. The summed E-state index contributed by atoms with van der Waals surface area (Å²) in [6.45, 7) is 15.9. The number of amides is 1. The Morgan fingerprint density at radius 1 is 1.04 bits per heavy atom. The topological polar surface area (TPSA) is 175 Å². The number of halogens is 1. The summed E-state index contributed by atoms with van der Waals surface area (Å²) in [5.41, 5.74) is 0.738. The largest absolute Gasteiger partial charge is 0.493 e. The van der Waals surface area contributed by atoms with Gasteiger partial charge in [-0.25, -0.2) is 18.9 Å². The molecule has 50 heavy (non-hydrogen) atoms. The van der Waals surface area contributed by atoms with Crippen molar-refractivity contribution >= 4 is 42.0 Å². The second-order valence-electron chi connectivity index (χ2n) is 14.5. The molecule has 15 heteroatoms. The molecular formula is C35H49FN7O6P. The molecule has 0 fully saturated rings. The van der Waals surface area contributed by atoms with Crippen LogP contribution in [0.3, 0.4) is 0 Å². The van der Waals surface area contributed by atoms with Crippen LogP contribution in [-0.2, 0) is 20.3 Å². The highest BCUT2D eigenvalue weighted by Gasteiger charge is 2.45. The first-order chi connectivity index (χ1) is 23.4. The van der Waals surface area contributed by atoms with Crippen molar-refractivity contribution in [2.45, 2.75) is 79.9 Å². The van der Waals surface area contributed by atoms with E-state index in [9.17, 15) is 23.5 Å². The molecule has 0 saturated heterocycles. The molecule has 272 valence electrons. The number of H-pyrrole nitrogens is 1. The third-order valence-electron chi connectivity index (χ3n) is 7.99. The fraction of sp³-hybridized carbons (Fsp3) is 0.486. The van der Waals surface area contributed by atoms with E-state index in [4.69, 9.17) is 9.26 Å². The van der Waals surface area contributed by atoms with Gasteiger partial charge in [-0.2, -0.15) is 5.10 Å². The van der Waals surface area contributed by atoms with Crippen LogP contribution in [0.15, 0.2) is 54.9 Å². The third-order valence-corrected chi connectivity index (χ3v) is 8.49. The van der Waals surface area contributed by atoms with Crippen molar-refractivity contribution in [1.29, 1.82) is 0 Å². The summed E-state index contributed by atoms with van der Waals surface area (Å²) < 4.78 is 37.0. The first-order valence-corrected chi connectivity index (χ1v) is 18.2. The van der Waals surface area contributed by atoms with Crippen molar-refractivity contribution < 1.29 is 32.8 Å². The Balaban J connectivity index is 1.38. The van der Waals surface area contributed by atoms with Crippen molar-refractivity contribution in [2.75, 3.05) is 30.3 Å². The smallest absolute Gasteiger partial charge is 0.469 e. The molecule has 0 spiro atoms. The SMILES string of the molecule is CCCN(CCCOc1ccc2c(Nc3cc(CC(=O)Nc4cccc(F)c4)[nH]n3)ncnc2c1)C(C(OP(=O)(O)O)C(C)(C)C)C(C)(C)C. The zero-order valence-electron chi connectivity index (χ0n) is 29.7. The van der Waals surface area contributed by atoms with E-state index >= 15 is 0 Å². The fourth-order valence-corrected chi connectivity index (χ4v) is 6.70. The summed E-state index contributed by atoms with van der Waals surface area (Å²) in [7, 11) is -4.73. The van der Waals surface area contributed by atoms with E-state index in [1.54, 1.807) is 12.1 Å². The van der Waals surface area contributed by atoms with Crippen LogP contribution in [0.4, 0.5) is 21.7 Å². The molecule has 13 nitrogen and oxygen atoms in total. The predicted octanol–water partition coefficient (Wildman–Crippen LogP) is 6.84. The van der Waals surface area contributed by atoms with E-state index in [2.05, 4.69) is 63.4 Å². The van der Waals surface area contributed by atoms with Gasteiger partial charge in [0.15, 0.2) is 5.82 Å². The summed E-state index contributed by atoms with van der Waals surface area (Å²) in [6, 6.07) is 12.7. The molecular weight excluding hydrogens is 664 g/mol. The second kappa shape index (κ2) is 16.4. The molecule has 0 radical (unpaired) electrons. The zero-order valence-corrected chi connectivity index (χ0v) is 30.6. The maximum absolute atomic E-state index is 13.4. The lowest BCUT2D eigenvalue weighted by atomic mass is 9.73. The highest BCUT2D eigenvalue weighted by molar-refractivity contribution is 7.46. The summed E-state index contributed by atoms with van der Waals surface area (Å²) >= 11 is 0. The van der Waals surface area contributed by atoms with Crippen LogP contribution in [0.2, 0.25) is 0 Å². The van der Waals surface area contributed by atoms with Crippen molar-refractivity contribution in [3.8, 4) is 5.75 Å². The molecule has 2 unspecified atom stereocenters. The minimum Gasteiger partial charge on any atom is -0.493 e. The van der Waals surface area contributed by atoms with Gasteiger partial charge in [0, 0.05) is 41.5 Å². The molecule has 0 aliphatic carbocycles. The number of hydrogen-bond donors (Lipinski definition) is 5. The maximum Gasteiger partial charge on any atom is 0.469 e. The van der Waals surface area contributed by atoms with Gasteiger partial charge < -0.3 is 25.2 Å². The van der Waals surface area contributed by atoms with Gasteiger partial charge in [0.1, 0.15) is 23.7 Å². The average molecular weight is 714 g/mol. The molecule has 0 aliphatic heterocycles. The molecule has 2 aromatic carbocycles. The monoisotopic (exact) mass is 713 g/mol. The summed E-state index contributed by atoms with van der Waals surface area (Å²) in [4.78, 5) is 43.0. The van der Waals surface area contributed by atoms with Gasteiger partial charge in [-0.05, 0) is 60.5 Å². The van der Waals surface area contributed by atoms with Crippen molar-refractivity contribution in [2.24, 2.45) is 10.8 Å². The third kappa shape index (κ3) is 11.3. The molecule has 0 bridgehead atoms. The molecule has 2 heterocycles. The standard InChI is InChI=1S/C35H49FN7O6P/c1-8-15-43(31(34(2,3)4)32(35(5,6)7)49-50(45,46)47)16-10-17-48-26-13-14-27-28(21-26)37-22-38-33(27)40-29-19-25(41-42-29)20-30(44)39-24-12-9-11-23(36)18-24/h9,11-14,18-19,21-22,31-32H,8,10,15-17,20H2,1-7H3,(H,39,44)(H2,45,46,47)(H2,37,38,40,41,42). The highest BCUT2D eigenvalue weighted by Crippen LogP contribution is 2.46. The molecule has 2 aromatic heterocycles. The lowest BCUT2D eigenvalue weighted by Gasteiger charge is -2.48. The quantitative estimate of drug-likeness (QED) is 0.0608. The van der Waals surface area contributed by atoms with Crippen LogP contribution in [-0.4, -0.2) is 72.6 Å². The number of aromatic amines is 1. The first-order valence-electron chi connectivity index (χ1n) is 16.6. The van der Waals surface area contributed by atoms with Gasteiger partial charge in [0.05, 0.1) is 24.6 Å². The normalized spacial score (nSPS) is 13.7. The Labute approximate surface area is 292 Å². The number of ether oxygens (including phenoxy) is 1. The van der Waals surface area contributed by atoms with Gasteiger partial charge in [0.2, 0.25) is 5.91 Å². The van der Waals surface area contributed by atoms with E-state index in [-0.39, 0.29) is 23.8 Å². The number of anilines is 3. The van der Waals surface area contributed by atoms with E-state index in [0.29, 0.717) is 53.9 Å². The Hall–Kier alpha value is -3.94. The molecule has 1 amide bonds. The number of phosphoric acid groups is 1. The van der Waals surface area contributed by atoms with Crippen molar-refractivity contribution in [1.82, 2.24) is 25.1 Å². The van der Waals surface area contributed by atoms with E-state index in [1.165, 1.54) is 24.5 Å². The number of carbonyl (C=O) groups is 1. The number of carbonyl (C=O) groups excluding carboxylic acids is 1. The number of benzene rings is 2. The summed E-state index contributed by atoms with van der Waals surface area (Å²) in [5.74, 6) is 0.874. The fourth-order valence-electron chi connectivity index (χ4n) is 5.97. The van der Waals surface area contributed by atoms with Crippen LogP contribution in [0, 0.1) is 16.6 Å². The zero-order chi connectivity index (χ0) is 36.7. The lowest BCUT2D eigenvalue weighted by molar-refractivity contribution is -0.115. The average Bonchev–Trinajstić information content (AvgIpc) is 3.43.